The van der Waals surface area contributed by atoms with Crippen molar-refractivity contribution in [3.63, 3.8) is 0 Å². The normalized spacial score (nSPS) is 9.81. The van der Waals surface area contributed by atoms with Crippen LogP contribution < -0.4 is 0 Å². The molecule has 0 amide bonds. The smallest absolute Gasteiger partial charge is 0.0956 e. The van der Waals surface area contributed by atoms with E-state index in [9.17, 15) is 0 Å². The second-order valence-electron chi connectivity index (χ2n) is 3.43. The van der Waals surface area contributed by atoms with Crippen LogP contribution in [0.3, 0.4) is 0 Å². The minimum Gasteiger partial charge on any atom is -0.275 e. The fourth-order valence-electron chi connectivity index (χ4n) is 1.60. The molecule has 1 aromatic carbocycles. The van der Waals surface area contributed by atoms with Crippen molar-refractivity contribution < 1.29 is 0 Å². The highest BCUT2D eigenvalue weighted by Crippen LogP contribution is 2.21. The average molecular weight is 213 g/mol. The van der Waals surface area contributed by atoms with Crippen LogP contribution in [0.1, 0.15) is 5.56 Å². The Morgan fingerprint density at radius 2 is 2.12 bits per heavy atom. The Balaban J connectivity index is 2.44. The summed E-state index contributed by atoms with van der Waals surface area (Å²) in [5.41, 5.74) is 11.2. The van der Waals surface area contributed by atoms with Gasteiger partial charge in [0.1, 0.15) is 0 Å². The molecule has 0 saturated heterocycles. The zero-order chi connectivity index (χ0) is 11.4. The van der Waals surface area contributed by atoms with Crippen molar-refractivity contribution in [1.29, 1.82) is 0 Å². The van der Waals surface area contributed by atoms with Crippen LogP contribution in [0.5, 0.6) is 0 Å². The molecule has 0 atom stereocenters. The van der Waals surface area contributed by atoms with E-state index in [2.05, 4.69) is 15.1 Å². The fraction of sp³-hybridized carbons (Fsp3) is 0.182. The summed E-state index contributed by atoms with van der Waals surface area (Å²) in [6.07, 6.45) is 1.87. The molecule has 16 heavy (non-hydrogen) atoms. The summed E-state index contributed by atoms with van der Waals surface area (Å²) in [7, 11) is 1.85. The van der Waals surface area contributed by atoms with Gasteiger partial charge in [0, 0.05) is 29.3 Å². The molecule has 0 fully saturated rings. The maximum Gasteiger partial charge on any atom is 0.0956 e. The van der Waals surface area contributed by atoms with Gasteiger partial charge in [-0.15, -0.1) is 0 Å². The Kier molecular flexibility index (Phi) is 2.89. The summed E-state index contributed by atoms with van der Waals surface area (Å²) < 4.78 is 1.73. The fourth-order valence-corrected chi connectivity index (χ4v) is 1.60. The first-order valence-corrected chi connectivity index (χ1v) is 4.90. The molecule has 0 radical (unpaired) electrons. The first kappa shape index (κ1) is 10.3. The predicted octanol–water partition coefficient (Wildman–Crippen LogP) is 2.90. The lowest BCUT2D eigenvalue weighted by Crippen LogP contribution is -1.87. The van der Waals surface area contributed by atoms with Gasteiger partial charge in [-0.2, -0.15) is 5.10 Å². The van der Waals surface area contributed by atoms with Crippen molar-refractivity contribution in [2.45, 2.75) is 6.54 Å². The average Bonchev–Trinajstić information content (AvgIpc) is 2.69. The Morgan fingerprint density at radius 3 is 2.81 bits per heavy atom. The van der Waals surface area contributed by atoms with Crippen LogP contribution in [0.4, 0.5) is 0 Å². The lowest BCUT2D eigenvalue weighted by molar-refractivity contribution is 0.769. The lowest BCUT2D eigenvalue weighted by atomic mass is 10.1. The summed E-state index contributed by atoms with van der Waals surface area (Å²) in [6, 6.07) is 9.85. The van der Waals surface area contributed by atoms with Gasteiger partial charge in [-0.05, 0) is 5.53 Å². The zero-order valence-electron chi connectivity index (χ0n) is 8.91. The zero-order valence-corrected chi connectivity index (χ0v) is 8.91. The molecule has 0 spiro atoms. The quantitative estimate of drug-likeness (QED) is 0.439. The van der Waals surface area contributed by atoms with Gasteiger partial charge in [0.05, 0.1) is 12.2 Å². The van der Waals surface area contributed by atoms with Crippen LogP contribution in [-0.4, -0.2) is 9.78 Å². The Hall–Kier alpha value is -2.26. The van der Waals surface area contributed by atoms with Crippen molar-refractivity contribution in [2.75, 3.05) is 0 Å². The van der Waals surface area contributed by atoms with Gasteiger partial charge in [-0.25, -0.2) is 0 Å². The predicted molar refractivity (Wildman–Crippen MR) is 61.5 cm³/mol. The van der Waals surface area contributed by atoms with Crippen molar-refractivity contribution in [1.82, 2.24) is 9.78 Å². The number of benzene rings is 1. The molecule has 80 valence electrons. The molecule has 0 unspecified atom stereocenters. The molecule has 1 heterocycles. The second-order valence-corrected chi connectivity index (χ2v) is 3.43. The van der Waals surface area contributed by atoms with Gasteiger partial charge in [0.2, 0.25) is 0 Å². The third-order valence-corrected chi connectivity index (χ3v) is 2.26. The SMILES string of the molecule is Cn1cc(CN=[N+]=[N-])c(-c2ccccc2)n1. The maximum atomic E-state index is 8.33. The van der Waals surface area contributed by atoms with E-state index in [0.717, 1.165) is 16.8 Å². The summed E-state index contributed by atoms with van der Waals surface area (Å²) in [6.45, 7) is 0.328. The van der Waals surface area contributed by atoms with E-state index in [-0.39, 0.29) is 0 Å². The maximum absolute atomic E-state index is 8.33. The molecule has 0 aliphatic heterocycles. The number of aryl methyl sites for hydroxylation is 1. The third kappa shape index (κ3) is 2.04. The van der Waals surface area contributed by atoms with Crippen molar-refractivity contribution in [3.05, 3.63) is 52.5 Å². The highest BCUT2D eigenvalue weighted by Gasteiger charge is 2.08. The van der Waals surface area contributed by atoms with Crippen molar-refractivity contribution in [2.24, 2.45) is 12.2 Å². The topological polar surface area (TPSA) is 66.6 Å². The number of nitrogens with zero attached hydrogens (tertiary/aromatic N) is 5. The minimum absolute atomic E-state index is 0.328. The van der Waals surface area contributed by atoms with E-state index in [4.69, 9.17) is 5.53 Å². The molecule has 2 aromatic rings. The van der Waals surface area contributed by atoms with Gasteiger partial charge in [-0.1, -0.05) is 35.4 Å². The number of aromatic nitrogens is 2. The Labute approximate surface area is 93.0 Å². The lowest BCUT2D eigenvalue weighted by Gasteiger charge is -1.98. The van der Waals surface area contributed by atoms with Gasteiger partial charge in [0.25, 0.3) is 0 Å². The number of hydrogen-bond acceptors (Lipinski definition) is 2. The third-order valence-electron chi connectivity index (χ3n) is 2.26. The molecular formula is C11H11N5. The molecular weight excluding hydrogens is 202 g/mol. The van der Waals surface area contributed by atoms with Gasteiger partial charge < -0.3 is 0 Å². The van der Waals surface area contributed by atoms with E-state index in [1.807, 2.05) is 43.6 Å². The van der Waals surface area contributed by atoms with E-state index >= 15 is 0 Å². The second kappa shape index (κ2) is 4.51. The van der Waals surface area contributed by atoms with Crippen LogP contribution >= 0.6 is 0 Å². The molecule has 5 nitrogen and oxygen atoms in total. The molecule has 1 aromatic heterocycles. The Morgan fingerprint density at radius 1 is 1.38 bits per heavy atom. The summed E-state index contributed by atoms with van der Waals surface area (Å²) >= 11 is 0. The summed E-state index contributed by atoms with van der Waals surface area (Å²) in [5.74, 6) is 0. The monoisotopic (exact) mass is 213 g/mol. The van der Waals surface area contributed by atoms with E-state index < -0.39 is 0 Å². The highest BCUT2D eigenvalue weighted by atomic mass is 15.3. The van der Waals surface area contributed by atoms with Gasteiger partial charge >= 0.3 is 0 Å². The number of hydrogen-bond donors (Lipinski definition) is 0. The summed E-state index contributed by atoms with van der Waals surface area (Å²) in [5, 5.41) is 7.94. The van der Waals surface area contributed by atoms with Gasteiger partial charge in [-0.3, -0.25) is 4.68 Å². The van der Waals surface area contributed by atoms with Crippen LogP contribution in [0.15, 0.2) is 41.6 Å². The molecule has 0 N–H and O–H groups in total. The van der Waals surface area contributed by atoms with Gasteiger partial charge in [0.15, 0.2) is 0 Å². The molecule has 0 saturated carbocycles. The van der Waals surface area contributed by atoms with Crippen LogP contribution in [0.25, 0.3) is 21.7 Å². The highest BCUT2D eigenvalue weighted by molar-refractivity contribution is 5.62. The minimum atomic E-state index is 0.328. The first-order chi connectivity index (χ1) is 7.81. The van der Waals surface area contributed by atoms with E-state index in [1.54, 1.807) is 4.68 Å². The summed E-state index contributed by atoms with van der Waals surface area (Å²) in [4.78, 5) is 2.76. The molecule has 0 aliphatic carbocycles. The molecule has 0 aliphatic rings. The Bertz CT molecular complexity index is 523. The molecule has 2 rings (SSSR count). The van der Waals surface area contributed by atoms with E-state index in [1.165, 1.54) is 0 Å². The van der Waals surface area contributed by atoms with Crippen LogP contribution in [0, 0.1) is 0 Å². The number of rotatable bonds is 3. The molecule has 0 bridgehead atoms. The largest absolute Gasteiger partial charge is 0.275 e. The molecule has 5 heteroatoms. The standard InChI is InChI=1S/C11H11N5/c1-16-8-10(7-13-15-12)11(14-16)9-5-3-2-4-6-9/h2-6,8H,7H2,1H3. The van der Waals surface area contributed by atoms with E-state index in [0.29, 0.717) is 6.54 Å². The first-order valence-electron chi connectivity index (χ1n) is 4.90. The van der Waals surface area contributed by atoms with Crippen LogP contribution in [0.2, 0.25) is 0 Å². The number of azide groups is 1. The van der Waals surface area contributed by atoms with Crippen LogP contribution in [-0.2, 0) is 13.6 Å². The van der Waals surface area contributed by atoms with Crippen molar-refractivity contribution in [3.8, 4) is 11.3 Å². The van der Waals surface area contributed by atoms with Crippen molar-refractivity contribution >= 4 is 0 Å².